The first-order valence-electron chi connectivity index (χ1n) is 9.37. The number of ether oxygens (including phenoxy) is 3. The monoisotopic (exact) mass is 416 g/mol. The Hall–Kier alpha value is -4.23. The highest BCUT2D eigenvalue weighted by atomic mass is 16.5. The van der Waals surface area contributed by atoms with Crippen LogP contribution in [-0.4, -0.2) is 30.1 Å². The van der Waals surface area contributed by atoms with Crippen LogP contribution >= 0.6 is 0 Å². The molecule has 1 aromatic heterocycles. The van der Waals surface area contributed by atoms with Gasteiger partial charge in [-0.1, -0.05) is 17.9 Å². The van der Waals surface area contributed by atoms with Crippen LogP contribution in [-0.2, 0) is 19.1 Å². The van der Waals surface area contributed by atoms with E-state index in [1.165, 1.54) is 0 Å². The highest BCUT2D eigenvalue weighted by Gasteiger charge is 2.36. The van der Waals surface area contributed by atoms with Gasteiger partial charge in [-0.2, -0.15) is 0 Å². The van der Waals surface area contributed by atoms with Crippen LogP contribution in [0.3, 0.4) is 0 Å². The maximum atomic E-state index is 12.7. The molecule has 1 unspecified atom stereocenters. The van der Waals surface area contributed by atoms with E-state index in [1.54, 1.807) is 18.5 Å². The highest BCUT2D eigenvalue weighted by molar-refractivity contribution is 5.93. The summed E-state index contributed by atoms with van der Waals surface area (Å²) in [4.78, 5) is 29.2. The molecule has 2 aromatic rings. The zero-order chi connectivity index (χ0) is 22.4. The minimum Gasteiger partial charge on any atom is -0.452 e. The maximum Gasteiger partial charge on any atom is 0.341 e. The quantitative estimate of drug-likeness (QED) is 0.570. The third-order valence-corrected chi connectivity index (χ3v) is 4.62. The third-order valence-electron chi connectivity index (χ3n) is 4.62. The number of benzene rings is 1. The zero-order valence-corrected chi connectivity index (χ0v) is 16.9. The van der Waals surface area contributed by atoms with Crippen molar-refractivity contribution in [2.24, 2.45) is 5.73 Å². The lowest BCUT2D eigenvalue weighted by atomic mass is 9.84. The van der Waals surface area contributed by atoms with Gasteiger partial charge < -0.3 is 19.9 Å². The van der Waals surface area contributed by atoms with Crippen molar-refractivity contribution in [1.29, 1.82) is 0 Å². The fourth-order valence-corrected chi connectivity index (χ4v) is 3.29. The molecule has 1 aliphatic heterocycles. The molecule has 7 heteroatoms. The van der Waals surface area contributed by atoms with Crippen LogP contribution in [0.15, 0.2) is 48.1 Å². The molecule has 0 saturated carbocycles. The second kappa shape index (κ2) is 9.51. The third kappa shape index (κ3) is 4.85. The van der Waals surface area contributed by atoms with Gasteiger partial charge in [-0.3, -0.25) is 9.78 Å². The Morgan fingerprint density at radius 3 is 2.58 bits per heavy atom. The molecule has 1 aliphatic rings. The van der Waals surface area contributed by atoms with Gasteiger partial charge in [-0.05, 0) is 36.2 Å². The number of pyridine rings is 1. The standard InChI is InChI=1S/C24H20N2O5/c1-4-8-29-21(27)12-19-18-11-16(17-10-15(3)13-26-14-17)6-7-20(18)31-23(25)22(19)24(28)30-9-5-2/h1-2,6-7,10-11,13-14,19H,8-9,12,25H2,3H3. The number of nitrogens with zero attached hydrogens (tertiary/aromatic N) is 1. The topological polar surface area (TPSA) is 101 Å². The number of nitrogens with two attached hydrogens (primary N) is 1. The number of fused-ring (bicyclic) bond motifs is 1. The summed E-state index contributed by atoms with van der Waals surface area (Å²) >= 11 is 0. The summed E-state index contributed by atoms with van der Waals surface area (Å²) < 4.78 is 15.7. The van der Waals surface area contributed by atoms with E-state index in [4.69, 9.17) is 32.8 Å². The van der Waals surface area contributed by atoms with Crippen LogP contribution < -0.4 is 10.5 Å². The average molecular weight is 416 g/mol. The normalized spacial score (nSPS) is 14.5. The molecule has 0 fully saturated rings. The van der Waals surface area contributed by atoms with E-state index in [-0.39, 0.29) is 31.1 Å². The molecule has 3 rings (SSSR count). The van der Waals surface area contributed by atoms with E-state index in [2.05, 4.69) is 16.8 Å². The molecule has 0 aliphatic carbocycles. The first-order valence-corrected chi connectivity index (χ1v) is 9.37. The van der Waals surface area contributed by atoms with Crippen molar-refractivity contribution in [3.8, 4) is 41.6 Å². The van der Waals surface area contributed by atoms with Gasteiger partial charge in [-0.25, -0.2) is 4.79 Å². The molecular formula is C24H20N2O5. The predicted molar refractivity (Wildman–Crippen MR) is 113 cm³/mol. The van der Waals surface area contributed by atoms with Crippen molar-refractivity contribution in [1.82, 2.24) is 4.98 Å². The number of carbonyl (C=O) groups excluding carboxylic acids is 2. The molecule has 0 spiro atoms. The second-order valence-electron chi connectivity index (χ2n) is 6.79. The fourth-order valence-electron chi connectivity index (χ4n) is 3.29. The molecule has 2 heterocycles. The number of aryl methyl sites for hydroxylation is 1. The fraction of sp³-hybridized carbons (Fsp3) is 0.208. The number of aromatic nitrogens is 1. The average Bonchev–Trinajstić information content (AvgIpc) is 2.75. The summed E-state index contributed by atoms with van der Waals surface area (Å²) in [5.74, 6) is 2.60. The summed E-state index contributed by atoms with van der Waals surface area (Å²) in [6.07, 6.45) is 13.6. The molecule has 7 nitrogen and oxygen atoms in total. The van der Waals surface area contributed by atoms with Gasteiger partial charge in [0.2, 0.25) is 5.88 Å². The van der Waals surface area contributed by atoms with Crippen LogP contribution in [0.5, 0.6) is 5.75 Å². The van der Waals surface area contributed by atoms with Crippen LogP contribution in [0.2, 0.25) is 0 Å². The van der Waals surface area contributed by atoms with E-state index in [1.807, 2.05) is 25.1 Å². The molecule has 0 saturated heterocycles. The summed E-state index contributed by atoms with van der Waals surface area (Å²) in [5.41, 5.74) is 9.29. The Morgan fingerprint density at radius 2 is 1.87 bits per heavy atom. The van der Waals surface area contributed by atoms with Crippen molar-refractivity contribution in [2.45, 2.75) is 19.3 Å². The largest absolute Gasteiger partial charge is 0.452 e. The second-order valence-corrected chi connectivity index (χ2v) is 6.79. The lowest BCUT2D eigenvalue weighted by Crippen LogP contribution is -2.28. The Balaban J connectivity index is 2.05. The number of esters is 2. The Morgan fingerprint density at radius 1 is 1.13 bits per heavy atom. The van der Waals surface area contributed by atoms with Gasteiger partial charge in [0.25, 0.3) is 0 Å². The SMILES string of the molecule is C#CCOC(=O)CC1C(C(=O)OCC#C)=C(N)Oc2ccc(-c3cncc(C)c3)cc21. The lowest BCUT2D eigenvalue weighted by Gasteiger charge is -2.28. The van der Waals surface area contributed by atoms with Gasteiger partial charge in [-0.15, -0.1) is 12.8 Å². The van der Waals surface area contributed by atoms with Gasteiger partial charge >= 0.3 is 11.9 Å². The molecule has 0 bridgehead atoms. The molecule has 2 N–H and O–H groups in total. The van der Waals surface area contributed by atoms with Crippen molar-refractivity contribution in [2.75, 3.05) is 13.2 Å². The predicted octanol–water partition coefficient (Wildman–Crippen LogP) is 2.45. The van der Waals surface area contributed by atoms with E-state index in [9.17, 15) is 9.59 Å². The van der Waals surface area contributed by atoms with Crippen LogP contribution in [0, 0.1) is 31.6 Å². The number of rotatable bonds is 6. The van der Waals surface area contributed by atoms with Crippen molar-refractivity contribution in [3.05, 3.63) is 59.2 Å². The van der Waals surface area contributed by atoms with Crippen molar-refractivity contribution in [3.63, 3.8) is 0 Å². The number of hydrogen-bond donors (Lipinski definition) is 1. The highest BCUT2D eigenvalue weighted by Crippen LogP contribution is 2.42. The van der Waals surface area contributed by atoms with Gasteiger partial charge in [0, 0.05) is 29.4 Å². The number of hydrogen-bond acceptors (Lipinski definition) is 7. The van der Waals surface area contributed by atoms with Crippen LogP contribution in [0.1, 0.15) is 23.5 Å². The molecule has 156 valence electrons. The number of terminal acetylenes is 2. The van der Waals surface area contributed by atoms with Crippen LogP contribution in [0.4, 0.5) is 0 Å². The Kier molecular flexibility index (Phi) is 6.59. The van der Waals surface area contributed by atoms with Crippen LogP contribution in [0.25, 0.3) is 11.1 Å². The van der Waals surface area contributed by atoms with E-state index in [0.717, 1.165) is 16.7 Å². The molecule has 0 radical (unpaired) electrons. The molecule has 0 amide bonds. The summed E-state index contributed by atoms with van der Waals surface area (Å²) in [5, 5.41) is 0. The lowest BCUT2D eigenvalue weighted by molar-refractivity contribution is -0.142. The Labute approximate surface area is 180 Å². The first kappa shape index (κ1) is 21.5. The summed E-state index contributed by atoms with van der Waals surface area (Å²) in [6, 6.07) is 7.37. The van der Waals surface area contributed by atoms with Gasteiger partial charge in [0.05, 0.1) is 6.42 Å². The van der Waals surface area contributed by atoms with Gasteiger partial charge in [0.15, 0.2) is 13.2 Å². The summed E-state index contributed by atoms with van der Waals surface area (Å²) in [7, 11) is 0. The first-order chi connectivity index (χ1) is 14.9. The van der Waals surface area contributed by atoms with Crippen molar-refractivity contribution < 1.29 is 23.8 Å². The van der Waals surface area contributed by atoms with E-state index >= 15 is 0 Å². The minimum atomic E-state index is -0.767. The molecule has 31 heavy (non-hydrogen) atoms. The zero-order valence-electron chi connectivity index (χ0n) is 16.9. The van der Waals surface area contributed by atoms with E-state index < -0.39 is 17.9 Å². The number of carbonyl (C=O) groups is 2. The maximum absolute atomic E-state index is 12.7. The molecular weight excluding hydrogens is 396 g/mol. The minimum absolute atomic E-state index is 0.0000695. The molecule has 1 atom stereocenters. The van der Waals surface area contributed by atoms with E-state index in [0.29, 0.717) is 11.3 Å². The summed E-state index contributed by atoms with van der Waals surface area (Å²) in [6.45, 7) is 1.51. The molecule has 1 aromatic carbocycles. The Bertz CT molecular complexity index is 1140. The van der Waals surface area contributed by atoms with Crippen molar-refractivity contribution >= 4 is 11.9 Å². The van der Waals surface area contributed by atoms with Gasteiger partial charge in [0.1, 0.15) is 11.3 Å². The smallest absolute Gasteiger partial charge is 0.341 e.